The van der Waals surface area contributed by atoms with Crippen LogP contribution in [-0.2, 0) is 4.79 Å². The van der Waals surface area contributed by atoms with E-state index in [-0.39, 0.29) is 11.8 Å². The van der Waals surface area contributed by atoms with E-state index in [4.69, 9.17) is 14.7 Å². The maximum absolute atomic E-state index is 12.8. The Kier molecular flexibility index (Phi) is 5.89. The summed E-state index contributed by atoms with van der Waals surface area (Å²) >= 11 is 0. The number of nitrogens with zero attached hydrogens (tertiary/aromatic N) is 3. The van der Waals surface area contributed by atoms with Crippen LogP contribution < -0.4 is 15.0 Å². The molecule has 150 valence electrons. The van der Waals surface area contributed by atoms with Gasteiger partial charge in [0.1, 0.15) is 0 Å². The minimum Gasteiger partial charge on any atom is -0.475 e. The van der Waals surface area contributed by atoms with E-state index in [9.17, 15) is 4.79 Å². The van der Waals surface area contributed by atoms with Crippen LogP contribution >= 0.6 is 0 Å². The molecule has 6 heteroatoms. The number of benzene rings is 2. The first-order chi connectivity index (χ1) is 14.2. The molecule has 1 aliphatic rings. The molecule has 0 spiro atoms. The van der Waals surface area contributed by atoms with Crippen LogP contribution in [0, 0.1) is 5.92 Å². The first-order valence-electron chi connectivity index (χ1n) is 10.2. The van der Waals surface area contributed by atoms with Crippen molar-refractivity contribution in [3.05, 3.63) is 54.6 Å². The zero-order chi connectivity index (χ0) is 20.1. The lowest BCUT2D eigenvalue weighted by atomic mass is 9.97. The zero-order valence-electron chi connectivity index (χ0n) is 16.7. The monoisotopic (exact) mass is 390 g/mol. The van der Waals surface area contributed by atoms with Crippen molar-refractivity contribution in [2.45, 2.75) is 26.2 Å². The second-order valence-electron chi connectivity index (χ2n) is 7.33. The second kappa shape index (κ2) is 8.90. The van der Waals surface area contributed by atoms with Gasteiger partial charge in [-0.25, -0.2) is 9.97 Å². The van der Waals surface area contributed by atoms with Crippen molar-refractivity contribution in [3.63, 3.8) is 0 Å². The summed E-state index contributed by atoms with van der Waals surface area (Å²) in [7, 11) is 0. The summed E-state index contributed by atoms with van der Waals surface area (Å²) in [5, 5.41) is 3.03. The third kappa shape index (κ3) is 4.47. The van der Waals surface area contributed by atoms with E-state index in [1.807, 2.05) is 54.6 Å². The highest BCUT2D eigenvalue weighted by Crippen LogP contribution is 2.31. The molecule has 1 fully saturated rings. The number of carbonyl (C=O) groups excluding carboxylic acids is 1. The van der Waals surface area contributed by atoms with Gasteiger partial charge in [0.15, 0.2) is 5.82 Å². The Morgan fingerprint density at radius 3 is 2.59 bits per heavy atom. The molecular formula is C23H26N4O2. The number of carbonyl (C=O) groups is 1. The third-order valence-electron chi connectivity index (χ3n) is 5.10. The Labute approximate surface area is 170 Å². The first-order valence-corrected chi connectivity index (χ1v) is 10.2. The number of para-hydroxylation sites is 3. The normalized spacial score (nSPS) is 16.6. The highest BCUT2D eigenvalue weighted by atomic mass is 16.5. The molecule has 0 radical (unpaired) electrons. The summed E-state index contributed by atoms with van der Waals surface area (Å²) in [4.78, 5) is 24.5. The van der Waals surface area contributed by atoms with Gasteiger partial charge in [-0.05, 0) is 43.5 Å². The maximum atomic E-state index is 12.8. The van der Waals surface area contributed by atoms with Crippen molar-refractivity contribution < 1.29 is 9.53 Å². The Morgan fingerprint density at radius 1 is 1.10 bits per heavy atom. The fourth-order valence-electron chi connectivity index (χ4n) is 3.63. The van der Waals surface area contributed by atoms with Gasteiger partial charge in [0.2, 0.25) is 5.91 Å². The summed E-state index contributed by atoms with van der Waals surface area (Å²) in [6.07, 6.45) is 2.69. The molecule has 1 N–H and O–H groups in total. The Morgan fingerprint density at radius 2 is 1.83 bits per heavy atom. The topological polar surface area (TPSA) is 67.4 Å². The quantitative estimate of drug-likeness (QED) is 0.681. The van der Waals surface area contributed by atoms with Gasteiger partial charge in [0, 0.05) is 18.8 Å². The van der Waals surface area contributed by atoms with Gasteiger partial charge in [0.05, 0.1) is 23.6 Å². The lowest BCUT2D eigenvalue weighted by Gasteiger charge is -2.33. The highest BCUT2D eigenvalue weighted by Gasteiger charge is 2.29. The van der Waals surface area contributed by atoms with E-state index in [0.717, 1.165) is 48.3 Å². The van der Waals surface area contributed by atoms with Crippen LogP contribution in [0.1, 0.15) is 26.2 Å². The lowest BCUT2D eigenvalue weighted by molar-refractivity contribution is -0.120. The number of fused-ring (bicyclic) bond motifs is 1. The number of piperidine rings is 1. The van der Waals surface area contributed by atoms with E-state index in [1.54, 1.807) is 0 Å². The molecule has 2 heterocycles. The van der Waals surface area contributed by atoms with Crippen LogP contribution in [0.3, 0.4) is 0 Å². The van der Waals surface area contributed by atoms with Gasteiger partial charge in [-0.15, -0.1) is 0 Å². The maximum Gasteiger partial charge on any atom is 0.258 e. The number of amides is 1. The minimum absolute atomic E-state index is 0.0469. The number of anilines is 2. The molecule has 1 aliphatic heterocycles. The molecule has 1 atom stereocenters. The molecule has 3 aromatic rings. The van der Waals surface area contributed by atoms with Gasteiger partial charge in [-0.2, -0.15) is 0 Å². The number of ether oxygens (including phenoxy) is 1. The number of hydrogen-bond acceptors (Lipinski definition) is 5. The van der Waals surface area contributed by atoms with Crippen LogP contribution in [0.25, 0.3) is 11.0 Å². The van der Waals surface area contributed by atoms with E-state index in [1.165, 1.54) is 0 Å². The number of aromatic nitrogens is 2. The van der Waals surface area contributed by atoms with Gasteiger partial charge in [0.25, 0.3) is 5.88 Å². The van der Waals surface area contributed by atoms with Gasteiger partial charge in [-0.1, -0.05) is 37.3 Å². The Hall–Kier alpha value is -3.15. The highest BCUT2D eigenvalue weighted by molar-refractivity contribution is 5.93. The predicted molar refractivity (Wildman–Crippen MR) is 115 cm³/mol. The van der Waals surface area contributed by atoms with Crippen molar-refractivity contribution in [2.24, 2.45) is 5.92 Å². The number of hydrogen-bond donors (Lipinski definition) is 1. The van der Waals surface area contributed by atoms with Crippen molar-refractivity contribution in [3.8, 4) is 5.88 Å². The molecule has 0 aliphatic carbocycles. The molecular weight excluding hydrogens is 364 g/mol. The van der Waals surface area contributed by atoms with Crippen LogP contribution in [0.15, 0.2) is 54.6 Å². The SMILES string of the molecule is CCCOc1nc2ccccc2nc1N1CCC[C@H](C(=O)Nc2ccccc2)C1. The molecule has 0 unspecified atom stereocenters. The molecule has 29 heavy (non-hydrogen) atoms. The van der Waals surface area contributed by atoms with Crippen LogP contribution in [0.4, 0.5) is 11.5 Å². The van der Waals surface area contributed by atoms with Crippen molar-refractivity contribution in [1.29, 1.82) is 0 Å². The fourth-order valence-corrected chi connectivity index (χ4v) is 3.63. The standard InChI is InChI=1S/C23H26N4O2/c1-2-15-29-23-21(25-19-12-6-7-13-20(19)26-23)27-14-8-9-17(16-27)22(28)24-18-10-4-3-5-11-18/h3-7,10-13,17H,2,8-9,14-16H2,1H3,(H,24,28)/t17-/m0/s1. The number of nitrogens with one attached hydrogen (secondary N) is 1. The van der Waals surface area contributed by atoms with Gasteiger partial charge >= 0.3 is 0 Å². The zero-order valence-corrected chi connectivity index (χ0v) is 16.7. The average Bonchev–Trinajstić information content (AvgIpc) is 2.78. The minimum atomic E-state index is -0.101. The van der Waals surface area contributed by atoms with E-state index < -0.39 is 0 Å². The third-order valence-corrected chi connectivity index (χ3v) is 5.10. The van der Waals surface area contributed by atoms with Crippen molar-refractivity contribution >= 4 is 28.4 Å². The molecule has 6 nitrogen and oxygen atoms in total. The summed E-state index contributed by atoms with van der Waals surface area (Å²) < 4.78 is 5.92. The van der Waals surface area contributed by atoms with Gasteiger partial charge < -0.3 is 15.0 Å². The molecule has 1 amide bonds. The molecule has 2 aromatic carbocycles. The average molecular weight is 390 g/mol. The van der Waals surface area contributed by atoms with Crippen molar-refractivity contribution in [2.75, 3.05) is 29.9 Å². The van der Waals surface area contributed by atoms with Gasteiger partial charge in [-0.3, -0.25) is 4.79 Å². The molecule has 0 bridgehead atoms. The Balaban J connectivity index is 1.56. The lowest BCUT2D eigenvalue weighted by Crippen LogP contribution is -2.41. The Bertz CT molecular complexity index is 977. The van der Waals surface area contributed by atoms with E-state index in [0.29, 0.717) is 19.0 Å². The first kappa shape index (κ1) is 19.2. The van der Waals surface area contributed by atoms with Crippen molar-refractivity contribution in [1.82, 2.24) is 9.97 Å². The van der Waals surface area contributed by atoms with E-state index in [2.05, 4.69) is 17.1 Å². The largest absolute Gasteiger partial charge is 0.475 e. The predicted octanol–water partition coefficient (Wildman–Crippen LogP) is 4.27. The summed E-state index contributed by atoms with van der Waals surface area (Å²) in [6, 6.07) is 17.4. The molecule has 1 aromatic heterocycles. The molecule has 4 rings (SSSR count). The van der Waals surface area contributed by atoms with Crippen LogP contribution in [-0.4, -0.2) is 35.6 Å². The smallest absolute Gasteiger partial charge is 0.258 e. The van der Waals surface area contributed by atoms with Crippen LogP contribution in [0.5, 0.6) is 5.88 Å². The second-order valence-corrected chi connectivity index (χ2v) is 7.33. The summed E-state index contributed by atoms with van der Waals surface area (Å²) in [6.45, 7) is 4.10. The van der Waals surface area contributed by atoms with E-state index >= 15 is 0 Å². The number of rotatable bonds is 6. The van der Waals surface area contributed by atoms with Crippen LogP contribution in [0.2, 0.25) is 0 Å². The summed E-state index contributed by atoms with van der Waals surface area (Å²) in [5.41, 5.74) is 2.48. The fraction of sp³-hybridized carbons (Fsp3) is 0.348. The molecule has 1 saturated heterocycles. The summed E-state index contributed by atoms with van der Waals surface area (Å²) in [5.74, 6) is 1.23. The molecule has 0 saturated carbocycles.